The van der Waals surface area contributed by atoms with Crippen molar-refractivity contribution in [2.45, 2.75) is 32.5 Å². The summed E-state index contributed by atoms with van der Waals surface area (Å²) in [7, 11) is 0. The molecule has 1 saturated heterocycles. The van der Waals surface area contributed by atoms with Crippen molar-refractivity contribution >= 4 is 15.9 Å². The first-order chi connectivity index (χ1) is 8.06. The topological polar surface area (TPSA) is 32.7 Å². The van der Waals surface area contributed by atoms with Crippen LogP contribution in [0.5, 0.6) is 5.75 Å². The van der Waals surface area contributed by atoms with Gasteiger partial charge in [0.15, 0.2) is 0 Å². The predicted molar refractivity (Wildman–Crippen MR) is 71.1 cm³/mol. The van der Waals surface area contributed by atoms with E-state index < -0.39 is 0 Å². The third-order valence-electron chi connectivity index (χ3n) is 3.15. The number of phenolic OH excluding ortho intramolecular Hbond substituents is 1. The molecule has 1 N–H and O–H groups in total. The molecule has 1 heterocycles. The smallest absolute Gasteiger partial charge is 0.120 e. The van der Waals surface area contributed by atoms with Crippen LogP contribution in [0.15, 0.2) is 22.7 Å². The molecule has 2 atom stereocenters. The minimum atomic E-state index is 0.264. The quantitative estimate of drug-likeness (QED) is 0.911. The highest BCUT2D eigenvalue weighted by Gasteiger charge is 2.24. The minimum Gasteiger partial charge on any atom is -0.508 e. The Kier molecular flexibility index (Phi) is 4.07. The number of hydrogen-bond acceptors (Lipinski definition) is 3. The van der Waals surface area contributed by atoms with E-state index in [0.29, 0.717) is 11.8 Å². The Hall–Kier alpha value is -0.580. The van der Waals surface area contributed by atoms with Crippen molar-refractivity contribution in [3.05, 3.63) is 28.2 Å². The van der Waals surface area contributed by atoms with Crippen LogP contribution in [0.4, 0.5) is 0 Å². The highest BCUT2D eigenvalue weighted by atomic mass is 79.9. The first-order valence-electron chi connectivity index (χ1n) is 5.89. The molecule has 1 aromatic rings. The fraction of sp³-hybridized carbons (Fsp3) is 0.538. The lowest BCUT2D eigenvalue weighted by molar-refractivity contribution is -0.0528. The minimum absolute atomic E-state index is 0.264. The zero-order chi connectivity index (χ0) is 12.4. The van der Waals surface area contributed by atoms with E-state index in [1.54, 1.807) is 6.07 Å². The summed E-state index contributed by atoms with van der Waals surface area (Å²) in [5, 5.41) is 9.84. The number of aromatic hydroxyl groups is 1. The Labute approximate surface area is 111 Å². The van der Waals surface area contributed by atoms with E-state index in [1.807, 2.05) is 12.1 Å². The fourth-order valence-electron chi connectivity index (χ4n) is 2.09. The van der Waals surface area contributed by atoms with Gasteiger partial charge in [-0.1, -0.05) is 15.9 Å². The number of halogens is 1. The summed E-state index contributed by atoms with van der Waals surface area (Å²) in [6.45, 7) is 6.67. The van der Waals surface area contributed by atoms with E-state index in [0.717, 1.165) is 29.7 Å². The lowest BCUT2D eigenvalue weighted by atomic mass is 10.1. The molecule has 0 aliphatic carbocycles. The second-order valence-electron chi connectivity index (χ2n) is 4.70. The van der Waals surface area contributed by atoms with Crippen LogP contribution in [0.25, 0.3) is 0 Å². The molecule has 1 aliphatic heterocycles. The number of nitrogens with zero attached hydrogens (tertiary/aromatic N) is 1. The van der Waals surface area contributed by atoms with Crippen molar-refractivity contribution in [3.63, 3.8) is 0 Å². The van der Waals surface area contributed by atoms with Gasteiger partial charge < -0.3 is 9.84 Å². The maximum absolute atomic E-state index is 9.84. The summed E-state index contributed by atoms with van der Waals surface area (Å²) in [6.07, 6.45) is 0.264. The molecule has 0 saturated carbocycles. The monoisotopic (exact) mass is 299 g/mol. The highest BCUT2D eigenvalue weighted by molar-refractivity contribution is 9.10. The molecule has 1 aliphatic rings. The van der Waals surface area contributed by atoms with E-state index in [2.05, 4.69) is 34.7 Å². The Morgan fingerprint density at radius 1 is 1.47 bits per heavy atom. The molecular weight excluding hydrogens is 282 g/mol. The van der Waals surface area contributed by atoms with Crippen LogP contribution < -0.4 is 0 Å². The van der Waals surface area contributed by atoms with Gasteiger partial charge in [-0.15, -0.1) is 0 Å². The van der Waals surface area contributed by atoms with Gasteiger partial charge in [0.2, 0.25) is 0 Å². The van der Waals surface area contributed by atoms with Gasteiger partial charge in [0, 0.05) is 29.2 Å². The van der Waals surface area contributed by atoms with E-state index in [9.17, 15) is 5.11 Å². The zero-order valence-corrected chi connectivity index (χ0v) is 11.8. The van der Waals surface area contributed by atoms with E-state index in [-0.39, 0.29) is 6.10 Å². The van der Waals surface area contributed by atoms with Crippen LogP contribution in [-0.4, -0.2) is 35.3 Å². The number of ether oxygens (including phenoxy) is 1. The van der Waals surface area contributed by atoms with Gasteiger partial charge in [-0.25, -0.2) is 0 Å². The molecule has 0 amide bonds. The third kappa shape index (κ3) is 3.21. The Balaban J connectivity index is 2.11. The summed E-state index contributed by atoms with van der Waals surface area (Å²) >= 11 is 3.43. The van der Waals surface area contributed by atoms with Crippen LogP contribution in [0, 0.1) is 0 Å². The highest BCUT2D eigenvalue weighted by Crippen LogP contribution is 2.25. The standard InChI is InChI=1S/C13H18BrNO2/c1-9-8-17-10(2)6-15(9)7-11-5-12(14)3-4-13(11)16/h3-5,9-10,16H,6-8H2,1-2H3. The molecule has 0 spiro atoms. The maximum Gasteiger partial charge on any atom is 0.120 e. The second kappa shape index (κ2) is 5.38. The van der Waals surface area contributed by atoms with E-state index in [1.165, 1.54) is 0 Å². The van der Waals surface area contributed by atoms with Gasteiger partial charge in [-0.2, -0.15) is 0 Å². The molecule has 0 bridgehead atoms. The normalized spacial score (nSPS) is 26.1. The molecule has 1 fully saturated rings. The lowest BCUT2D eigenvalue weighted by Gasteiger charge is -2.36. The van der Waals surface area contributed by atoms with Crippen LogP contribution in [0.2, 0.25) is 0 Å². The fourth-order valence-corrected chi connectivity index (χ4v) is 2.50. The second-order valence-corrected chi connectivity index (χ2v) is 5.61. The van der Waals surface area contributed by atoms with Crippen molar-refractivity contribution in [3.8, 4) is 5.75 Å². The largest absolute Gasteiger partial charge is 0.508 e. The van der Waals surface area contributed by atoms with Crippen molar-refractivity contribution < 1.29 is 9.84 Å². The van der Waals surface area contributed by atoms with Crippen LogP contribution in [-0.2, 0) is 11.3 Å². The first-order valence-corrected chi connectivity index (χ1v) is 6.68. The average Bonchev–Trinajstić information content (AvgIpc) is 2.28. The van der Waals surface area contributed by atoms with E-state index >= 15 is 0 Å². The SMILES string of the molecule is CC1CN(Cc2cc(Br)ccc2O)C(C)CO1. The Bertz CT molecular complexity index is 397. The molecule has 0 radical (unpaired) electrons. The van der Waals surface area contributed by atoms with E-state index in [4.69, 9.17) is 4.74 Å². The molecule has 2 rings (SSSR count). The van der Waals surface area contributed by atoms with Gasteiger partial charge in [0.1, 0.15) is 5.75 Å². The van der Waals surface area contributed by atoms with Crippen molar-refractivity contribution in [2.24, 2.45) is 0 Å². The Morgan fingerprint density at radius 2 is 2.24 bits per heavy atom. The van der Waals surface area contributed by atoms with Crippen molar-refractivity contribution in [1.82, 2.24) is 4.90 Å². The van der Waals surface area contributed by atoms with Gasteiger partial charge in [-0.3, -0.25) is 4.90 Å². The predicted octanol–water partition coefficient (Wildman–Crippen LogP) is 2.76. The molecule has 17 heavy (non-hydrogen) atoms. The number of phenols is 1. The summed E-state index contributed by atoms with van der Waals surface area (Å²) < 4.78 is 6.60. The van der Waals surface area contributed by atoms with Gasteiger partial charge in [0.25, 0.3) is 0 Å². The van der Waals surface area contributed by atoms with Crippen molar-refractivity contribution in [1.29, 1.82) is 0 Å². The summed E-state index contributed by atoms with van der Waals surface area (Å²) in [5.74, 6) is 0.361. The van der Waals surface area contributed by atoms with Crippen LogP contribution in [0.3, 0.4) is 0 Å². The molecule has 2 unspecified atom stereocenters. The number of morpholine rings is 1. The molecular formula is C13H18BrNO2. The molecule has 0 aromatic heterocycles. The summed E-state index contributed by atoms with van der Waals surface area (Å²) in [4.78, 5) is 2.34. The zero-order valence-electron chi connectivity index (χ0n) is 10.2. The first kappa shape index (κ1) is 12.9. The lowest BCUT2D eigenvalue weighted by Crippen LogP contribution is -2.46. The van der Waals surface area contributed by atoms with Gasteiger partial charge >= 0.3 is 0 Å². The molecule has 1 aromatic carbocycles. The van der Waals surface area contributed by atoms with Crippen LogP contribution in [0.1, 0.15) is 19.4 Å². The summed E-state index contributed by atoms with van der Waals surface area (Å²) in [6, 6.07) is 5.95. The molecule has 94 valence electrons. The average molecular weight is 300 g/mol. The van der Waals surface area contributed by atoms with Crippen molar-refractivity contribution in [2.75, 3.05) is 13.2 Å². The molecule has 3 nitrogen and oxygen atoms in total. The van der Waals surface area contributed by atoms with Crippen LogP contribution >= 0.6 is 15.9 Å². The third-order valence-corrected chi connectivity index (χ3v) is 3.65. The number of hydrogen-bond donors (Lipinski definition) is 1. The number of rotatable bonds is 2. The Morgan fingerprint density at radius 3 is 3.00 bits per heavy atom. The summed E-state index contributed by atoms with van der Waals surface area (Å²) in [5.41, 5.74) is 0.959. The van der Waals surface area contributed by atoms with Gasteiger partial charge in [-0.05, 0) is 32.0 Å². The number of benzene rings is 1. The molecule has 4 heteroatoms. The maximum atomic E-state index is 9.84. The van der Waals surface area contributed by atoms with Gasteiger partial charge in [0.05, 0.1) is 12.7 Å².